The van der Waals surface area contributed by atoms with Crippen LogP contribution in [0.1, 0.15) is 63.9 Å². The fourth-order valence-electron chi connectivity index (χ4n) is 7.34. The summed E-state index contributed by atoms with van der Waals surface area (Å²) in [5, 5.41) is 37.8. The zero-order chi connectivity index (χ0) is 57.2. The molecule has 30 nitrogen and oxygen atoms in total. The molecule has 1 aromatic carbocycles. The average molecular weight is 1110 g/mol. The quantitative estimate of drug-likeness (QED) is 0.0135. The number of carbonyl (C=O) groups excluding carboxylic acids is 11. The Kier molecular flexibility index (Phi) is 27.4. The van der Waals surface area contributed by atoms with Crippen LogP contribution in [0.15, 0.2) is 29.3 Å². The van der Waals surface area contributed by atoms with E-state index in [9.17, 15) is 72.5 Å². The molecule has 11 amide bonds. The molecule has 1 aromatic rings. The molecular formula is C44H66N14O16S2. The van der Waals surface area contributed by atoms with Crippen molar-refractivity contribution in [3.8, 4) is 5.75 Å². The number of nitrogens with one attached hydrogen (secondary N) is 8. The van der Waals surface area contributed by atoms with E-state index >= 15 is 0 Å². The molecule has 18 N–H and O–H groups in total. The van der Waals surface area contributed by atoms with Crippen LogP contribution < -0.4 is 70.2 Å². The monoisotopic (exact) mass is 1110 g/mol. The summed E-state index contributed by atoms with van der Waals surface area (Å²) < 4.78 is 5.16. The number of aliphatic carboxylic acids is 2. The maximum atomic E-state index is 13.9. The van der Waals surface area contributed by atoms with Crippen LogP contribution in [0.5, 0.6) is 5.75 Å². The van der Waals surface area contributed by atoms with Crippen LogP contribution in [0, 0.1) is 0 Å². The van der Waals surface area contributed by atoms with Crippen molar-refractivity contribution in [1.82, 2.24) is 47.4 Å². The van der Waals surface area contributed by atoms with Gasteiger partial charge in [-0.1, -0.05) is 12.1 Å². The van der Waals surface area contributed by atoms with Crippen molar-refractivity contribution in [3.63, 3.8) is 0 Å². The molecule has 1 saturated heterocycles. The summed E-state index contributed by atoms with van der Waals surface area (Å²) in [6.07, 6.45) is -2.98. The van der Waals surface area contributed by atoms with Crippen molar-refractivity contribution in [3.05, 3.63) is 29.8 Å². The summed E-state index contributed by atoms with van der Waals surface area (Å²) in [4.78, 5) is 173. The first kappa shape index (κ1) is 64.2. The number of hydrogen-bond donors (Lipinski definition) is 16. The van der Waals surface area contributed by atoms with Crippen molar-refractivity contribution in [2.45, 2.75) is 113 Å². The molecule has 0 radical (unpaired) electrons. The number of aliphatic imine (C=N–C) groups is 1. The second-order valence-electron chi connectivity index (χ2n) is 17.1. The number of carboxylic acid groups (broad SMARTS) is 2. The van der Waals surface area contributed by atoms with Crippen molar-refractivity contribution in [2.24, 2.45) is 27.9 Å². The molecule has 1 fully saturated rings. The van der Waals surface area contributed by atoms with Gasteiger partial charge in [-0.05, 0) is 49.8 Å². The lowest BCUT2D eigenvalue weighted by Crippen LogP contribution is -2.59. The Morgan fingerprint density at radius 1 is 0.684 bits per heavy atom. The zero-order valence-corrected chi connectivity index (χ0v) is 43.3. The number of rotatable bonds is 33. The lowest BCUT2D eigenvalue weighted by atomic mass is 10.0. The molecule has 0 aliphatic carbocycles. The van der Waals surface area contributed by atoms with E-state index in [1.165, 1.54) is 31.4 Å². The Labute approximate surface area is 446 Å². The summed E-state index contributed by atoms with van der Waals surface area (Å²) in [7, 11) is 1.40. The smallest absolute Gasteiger partial charge is 0.305 e. The fourth-order valence-corrected chi connectivity index (χ4v) is 7.87. The predicted molar refractivity (Wildman–Crippen MR) is 273 cm³/mol. The highest BCUT2D eigenvalue weighted by molar-refractivity contribution is 7.80. The van der Waals surface area contributed by atoms with Crippen LogP contribution in [0.2, 0.25) is 0 Å². The maximum Gasteiger partial charge on any atom is 0.305 e. The van der Waals surface area contributed by atoms with Crippen LogP contribution in [0.4, 0.5) is 0 Å². The van der Waals surface area contributed by atoms with Gasteiger partial charge in [-0.3, -0.25) is 67.3 Å². The van der Waals surface area contributed by atoms with Gasteiger partial charge in [0.1, 0.15) is 54.1 Å². The minimum atomic E-state index is -1.93. The number of guanidine groups is 1. The van der Waals surface area contributed by atoms with E-state index < -0.39 is 157 Å². The molecule has 0 saturated carbocycles. The molecule has 8 atom stereocenters. The summed E-state index contributed by atoms with van der Waals surface area (Å²) in [5.74, 6) is -13.9. The minimum absolute atomic E-state index is 0.0246. The number of nitrogens with zero attached hydrogens (tertiary/aromatic N) is 2. The molecule has 0 unspecified atom stereocenters. The van der Waals surface area contributed by atoms with Gasteiger partial charge in [-0.2, -0.15) is 25.3 Å². The summed E-state index contributed by atoms with van der Waals surface area (Å²) >= 11 is 8.01. The van der Waals surface area contributed by atoms with Gasteiger partial charge in [-0.25, -0.2) is 0 Å². The topological polar surface area (TPSA) is 488 Å². The van der Waals surface area contributed by atoms with Crippen molar-refractivity contribution < 1.29 is 77.3 Å². The number of ether oxygens (including phenoxy) is 1. The standard InChI is InChI=1S/C44H66N14O16S2/c1-21(59)51-30(20-76)41(71)56-28(16-32(45)60)43(73)58-14-4-6-31(58)42(72)54-24(5-3-13-49-44(47)48)37(67)50-18-33(61)52-27(17-35(64)65)40(70)55-26(15-22-7-9-23(74-2)10-8-22)39(69)53-25(11-12-34(62)63)38(68)57-29(19-75)36(46)66/h7-10,24-31,75-76H,3-6,11-20H2,1-2H3,(H2,45,60)(H2,46,66)(H,50,67)(H,51,59)(H,52,61)(H,53,69)(H,54,72)(H,55,70)(H,56,71)(H,57,68)(H,62,63)(H,64,65)(H4,47,48,49)/t24-,25-,26-,27-,28-,29-,30-,31-/m0/s1. The van der Waals surface area contributed by atoms with E-state index in [1.807, 2.05) is 0 Å². The lowest BCUT2D eigenvalue weighted by molar-refractivity contribution is -0.143. The van der Waals surface area contributed by atoms with Gasteiger partial charge in [0.25, 0.3) is 0 Å². The first-order valence-electron chi connectivity index (χ1n) is 23.4. The number of primary amides is 2. The molecular weight excluding hydrogens is 1040 g/mol. The molecule has 420 valence electrons. The number of hydrogen-bond acceptors (Lipinski definition) is 17. The molecule has 1 heterocycles. The lowest BCUT2D eigenvalue weighted by Gasteiger charge is -2.30. The maximum absolute atomic E-state index is 13.9. The molecule has 76 heavy (non-hydrogen) atoms. The van der Waals surface area contributed by atoms with E-state index in [0.717, 1.165) is 11.8 Å². The van der Waals surface area contributed by atoms with Gasteiger partial charge in [0, 0.05) is 44.4 Å². The number of thiol groups is 2. The molecule has 0 aromatic heterocycles. The fraction of sp³-hybridized carbons (Fsp3) is 0.545. The Hall–Kier alpha value is -7.90. The normalized spacial score (nSPS) is 15.5. The van der Waals surface area contributed by atoms with Crippen molar-refractivity contribution in [1.29, 1.82) is 0 Å². The second kappa shape index (κ2) is 32.4. The Bertz CT molecular complexity index is 2320. The summed E-state index contributed by atoms with van der Waals surface area (Å²) in [5.41, 5.74) is 21.9. The molecule has 2 rings (SSSR count). The first-order valence-corrected chi connectivity index (χ1v) is 24.6. The van der Waals surface area contributed by atoms with Crippen molar-refractivity contribution in [2.75, 3.05) is 38.2 Å². The third-order valence-electron chi connectivity index (χ3n) is 11.1. The van der Waals surface area contributed by atoms with Crippen LogP contribution in [-0.4, -0.2) is 185 Å². The second-order valence-corrected chi connectivity index (χ2v) is 17.8. The molecule has 1 aliphatic rings. The van der Waals surface area contributed by atoms with E-state index in [2.05, 4.69) is 72.8 Å². The SMILES string of the molecule is COc1ccc(C[C@H](NC(=O)[C@H](CC(=O)O)NC(=O)CNC(=O)[C@H](CCCN=C(N)N)NC(=O)[C@@H]2CCCN2C(=O)[C@H](CC(N)=O)NC(=O)[C@H](CS)NC(C)=O)C(=O)N[C@@H](CCC(=O)O)C(=O)N[C@@H](CS)C(N)=O)cc1. The molecule has 0 bridgehead atoms. The number of carbonyl (C=O) groups is 13. The summed E-state index contributed by atoms with van der Waals surface area (Å²) in [6.45, 7) is 0.173. The number of nitrogens with two attached hydrogens (primary N) is 4. The van der Waals surface area contributed by atoms with Gasteiger partial charge in [0.05, 0.1) is 26.5 Å². The van der Waals surface area contributed by atoms with E-state index in [-0.39, 0.29) is 62.7 Å². The van der Waals surface area contributed by atoms with Gasteiger partial charge >= 0.3 is 11.9 Å². The Morgan fingerprint density at radius 3 is 1.80 bits per heavy atom. The van der Waals surface area contributed by atoms with E-state index in [4.69, 9.17) is 27.7 Å². The number of likely N-dealkylation sites (tertiary alicyclic amines) is 1. The van der Waals surface area contributed by atoms with Gasteiger partial charge in [0.15, 0.2) is 5.96 Å². The molecule has 32 heteroatoms. The van der Waals surface area contributed by atoms with E-state index in [0.29, 0.717) is 11.3 Å². The van der Waals surface area contributed by atoms with Gasteiger partial charge in [-0.15, -0.1) is 0 Å². The third-order valence-corrected chi connectivity index (χ3v) is 11.9. The Balaban J connectivity index is 2.36. The number of methoxy groups -OCH3 is 1. The number of carboxylic acids is 2. The van der Waals surface area contributed by atoms with Crippen LogP contribution in [0.3, 0.4) is 0 Å². The molecule has 0 spiro atoms. The highest BCUT2D eigenvalue weighted by Gasteiger charge is 2.40. The van der Waals surface area contributed by atoms with Crippen LogP contribution in [0.25, 0.3) is 0 Å². The number of amides is 11. The van der Waals surface area contributed by atoms with E-state index in [1.54, 1.807) is 0 Å². The summed E-state index contributed by atoms with van der Waals surface area (Å²) in [6, 6.07) is -5.90. The minimum Gasteiger partial charge on any atom is -0.497 e. The van der Waals surface area contributed by atoms with Gasteiger partial charge in [0.2, 0.25) is 65.0 Å². The Morgan fingerprint density at radius 2 is 1.25 bits per heavy atom. The third kappa shape index (κ3) is 22.7. The number of benzene rings is 1. The van der Waals surface area contributed by atoms with Crippen LogP contribution >= 0.6 is 25.3 Å². The predicted octanol–water partition coefficient (Wildman–Crippen LogP) is -6.63. The zero-order valence-electron chi connectivity index (χ0n) is 41.5. The largest absolute Gasteiger partial charge is 0.497 e. The highest BCUT2D eigenvalue weighted by Crippen LogP contribution is 2.20. The average Bonchev–Trinajstić information content (AvgIpc) is 3.85. The van der Waals surface area contributed by atoms with Crippen molar-refractivity contribution >= 4 is 108 Å². The molecule has 1 aliphatic heterocycles. The van der Waals surface area contributed by atoms with Gasteiger partial charge < -0.3 is 85.3 Å². The first-order chi connectivity index (χ1) is 35.8. The van der Waals surface area contributed by atoms with Crippen LogP contribution in [-0.2, 0) is 68.7 Å². The highest BCUT2D eigenvalue weighted by atomic mass is 32.1.